The number of nitrogen functional groups attached to an aromatic ring is 1. The summed E-state index contributed by atoms with van der Waals surface area (Å²) >= 11 is 1.33. The number of hydrogen-bond acceptors (Lipinski definition) is 6. The van der Waals surface area contributed by atoms with E-state index in [0.717, 1.165) is 4.88 Å². The lowest BCUT2D eigenvalue weighted by atomic mass is 10.3. The van der Waals surface area contributed by atoms with Crippen LogP contribution in [-0.2, 0) is 16.1 Å². The summed E-state index contributed by atoms with van der Waals surface area (Å²) in [6.45, 7) is 3.90. The number of aryl methyl sites for hydroxylation is 1. The maximum atomic E-state index is 12.0. The molecule has 0 unspecified atom stereocenters. The van der Waals surface area contributed by atoms with Crippen molar-refractivity contribution in [3.8, 4) is 0 Å². The molecule has 0 saturated heterocycles. The summed E-state index contributed by atoms with van der Waals surface area (Å²) < 4.78 is 6.39. The minimum Gasteiger partial charge on any atom is -0.462 e. The van der Waals surface area contributed by atoms with Crippen LogP contribution in [0.4, 0.5) is 10.7 Å². The third-order valence-electron chi connectivity index (χ3n) is 2.56. The molecule has 8 heteroatoms. The van der Waals surface area contributed by atoms with E-state index in [1.165, 1.54) is 22.2 Å². The number of carbonyl (C=O) groups is 2. The van der Waals surface area contributed by atoms with Gasteiger partial charge in [-0.2, -0.15) is 5.10 Å². The molecule has 0 spiro atoms. The highest BCUT2D eigenvalue weighted by molar-refractivity contribution is 7.16. The fourth-order valence-electron chi connectivity index (χ4n) is 1.75. The van der Waals surface area contributed by atoms with E-state index < -0.39 is 5.97 Å². The molecule has 112 valence electrons. The molecule has 0 radical (unpaired) electrons. The maximum absolute atomic E-state index is 12.0. The van der Waals surface area contributed by atoms with Gasteiger partial charge in [0.25, 0.3) is 0 Å². The Morgan fingerprint density at radius 1 is 1.52 bits per heavy atom. The lowest BCUT2D eigenvalue weighted by Crippen LogP contribution is -2.19. The van der Waals surface area contributed by atoms with Crippen molar-refractivity contribution >= 4 is 33.9 Å². The molecule has 7 nitrogen and oxygen atoms in total. The SMILES string of the molecule is CCOC(=O)c1cc(C)sc1NC(=O)Cn1cc(N)cn1. The van der Waals surface area contributed by atoms with Gasteiger partial charge in [-0.15, -0.1) is 11.3 Å². The van der Waals surface area contributed by atoms with E-state index in [9.17, 15) is 9.59 Å². The highest BCUT2D eigenvalue weighted by Gasteiger charge is 2.18. The molecule has 0 atom stereocenters. The van der Waals surface area contributed by atoms with Gasteiger partial charge in [-0.3, -0.25) is 9.48 Å². The predicted octanol–water partition coefficient (Wildman–Crippen LogP) is 1.65. The third kappa shape index (κ3) is 3.82. The quantitative estimate of drug-likeness (QED) is 0.818. The summed E-state index contributed by atoms with van der Waals surface area (Å²) in [6.07, 6.45) is 3.03. The molecule has 0 aliphatic heterocycles. The third-order valence-corrected chi connectivity index (χ3v) is 3.53. The summed E-state index contributed by atoms with van der Waals surface area (Å²) in [5.74, 6) is -0.731. The number of nitrogens with zero attached hydrogens (tertiary/aromatic N) is 2. The van der Waals surface area contributed by atoms with Crippen molar-refractivity contribution in [2.75, 3.05) is 17.7 Å². The van der Waals surface area contributed by atoms with Gasteiger partial charge in [-0.25, -0.2) is 4.79 Å². The summed E-state index contributed by atoms with van der Waals surface area (Å²) in [7, 11) is 0. The molecule has 2 rings (SSSR count). The number of carbonyl (C=O) groups excluding carboxylic acids is 2. The fourth-order valence-corrected chi connectivity index (χ4v) is 2.66. The zero-order chi connectivity index (χ0) is 15.4. The first kappa shape index (κ1) is 15.0. The second-order valence-corrected chi connectivity index (χ2v) is 5.60. The van der Waals surface area contributed by atoms with E-state index in [-0.39, 0.29) is 19.1 Å². The van der Waals surface area contributed by atoms with Gasteiger partial charge in [0.1, 0.15) is 11.5 Å². The number of nitrogens with two attached hydrogens (primary N) is 1. The zero-order valence-electron chi connectivity index (χ0n) is 11.8. The second kappa shape index (κ2) is 6.40. The lowest BCUT2D eigenvalue weighted by molar-refractivity contribution is -0.116. The molecular weight excluding hydrogens is 292 g/mol. The number of hydrogen-bond donors (Lipinski definition) is 2. The molecule has 2 heterocycles. The molecule has 21 heavy (non-hydrogen) atoms. The van der Waals surface area contributed by atoms with Gasteiger partial charge in [-0.05, 0) is 19.9 Å². The minimum atomic E-state index is -0.444. The van der Waals surface area contributed by atoms with Gasteiger partial charge in [0.05, 0.1) is 24.1 Å². The van der Waals surface area contributed by atoms with Gasteiger partial charge in [0.15, 0.2) is 0 Å². The van der Waals surface area contributed by atoms with Crippen LogP contribution in [0.3, 0.4) is 0 Å². The van der Waals surface area contributed by atoms with Crippen LogP contribution in [0.15, 0.2) is 18.5 Å². The Hall–Kier alpha value is -2.35. The molecule has 0 bridgehead atoms. The summed E-state index contributed by atoms with van der Waals surface area (Å²) in [5.41, 5.74) is 6.39. The van der Waals surface area contributed by atoms with Crippen LogP contribution in [0.5, 0.6) is 0 Å². The van der Waals surface area contributed by atoms with E-state index in [1.54, 1.807) is 19.2 Å². The van der Waals surface area contributed by atoms with Crippen molar-refractivity contribution in [3.63, 3.8) is 0 Å². The Morgan fingerprint density at radius 2 is 2.29 bits per heavy atom. The molecule has 3 N–H and O–H groups in total. The molecule has 1 amide bonds. The van der Waals surface area contributed by atoms with Crippen molar-refractivity contribution in [1.29, 1.82) is 0 Å². The average molecular weight is 308 g/mol. The number of thiophene rings is 1. The molecule has 0 saturated carbocycles. The highest BCUT2D eigenvalue weighted by atomic mass is 32.1. The van der Waals surface area contributed by atoms with Crippen LogP contribution in [-0.4, -0.2) is 28.3 Å². The van der Waals surface area contributed by atoms with Crippen LogP contribution in [0.1, 0.15) is 22.2 Å². The van der Waals surface area contributed by atoms with Gasteiger partial charge < -0.3 is 15.8 Å². The second-order valence-electron chi connectivity index (χ2n) is 4.34. The molecule has 0 fully saturated rings. The smallest absolute Gasteiger partial charge is 0.341 e. The Balaban J connectivity index is 2.08. The van der Waals surface area contributed by atoms with Gasteiger partial charge >= 0.3 is 5.97 Å². The van der Waals surface area contributed by atoms with E-state index in [1.807, 2.05) is 6.92 Å². The fraction of sp³-hybridized carbons (Fsp3) is 0.308. The van der Waals surface area contributed by atoms with Crippen molar-refractivity contribution in [1.82, 2.24) is 9.78 Å². The lowest BCUT2D eigenvalue weighted by Gasteiger charge is -2.06. The zero-order valence-corrected chi connectivity index (χ0v) is 12.6. The van der Waals surface area contributed by atoms with E-state index in [2.05, 4.69) is 10.4 Å². The summed E-state index contributed by atoms with van der Waals surface area (Å²) in [4.78, 5) is 24.7. The number of nitrogens with one attached hydrogen (secondary N) is 1. The Labute approximate surface area is 125 Å². The molecule has 2 aromatic rings. The number of rotatable bonds is 5. The van der Waals surface area contributed by atoms with Crippen molar-refractivity contribution in [2.24, 2.45) is 0 Å². The number of amides is 1. The van der Waals surface area contributed by atoms with Crippen LogP contribution in [0.25, 0.3) is 0 Å². The summed E-state index contributed by atoms with van der Waals surface area (Å²) in [6, 6.07) is 1.70. The van der Waals surface area contributed by atoms with Crippen LogP contribution >= 0.6 is 11.3 Å². The topological polar surface area (TPSA) is 99.2 Å². The number of aromatic nitrogens is 2. The maximum Gasteiger partial charge on any atom is 0.341 e. The van der Waals surface area contributed by atoms with Crippen LogP contribution in [0, 0.1) is 6.92 Å². The monoisotopic (exact) mass is 308 g/mol. The molecule has 0 aromatic carbocycles. The molecular formula is C13H16N4O3S. The van der Waals surface area contributed by atoms with Crippen LogP contribution < -0.4 is 11.1 Å². The Morgan fingerprint density at radius 3 is 2.90 bits per heavy atom. The average Bonchev–Trinajstić information content (AvgIpc) is 2.96. The van der Waals surface area contributed by atoms with Crippen molar-refractivity contribution < 1.29 is 14.3 Å². The Bertz CT molecular complexity index is 662. The van der Waals surface area contributed by atoms with E-state index >= 15 is 0 Å². The van der Waals surface area contributed by atoms with Crippen molar-refractivity contribution in [3.05, 3.63) is 28.9 Å². The van der Waals surface area contributed by atoms with E-state index in [0.29, 0.717) is 16.3 Å². The molecule has 0 aliphatic carbocycles. The first-order chi connectivity index (χ1) is 9.99. The van der Waals surface area contributed by atoms with Gasteiger partial charge in [0.2, 0.25) is 5.91 Å². The number of ether oxygens (including phenoxy) is 1. The van der Waals surface area contributed by atoms with Gasteiger partial charge in [0, 0.05) is 11.1 Å². The van der Waals surface area contributed by atoms with E-state index in [4.69, 9.17) is 10.5 Å². The van der Waals surface area contributed by atoms with Gasteiger partial charge in [-0.1, -0.05) is 0 Å². The molecule has 2 aromatic heterocycles. The first-order valence-electron chi connectivity index (χ1n) is 6.35. The predicted molar refractivity (Wildman–Crippen MR) is 80.3 cm³/mol. The van der Waals surface area contributed by atoms with Crippen LogP contribution in [0.2, 0.25) is 0 Å². The van der Waals surface area contributed by atoms with Crippen molar-refractivity contribution in [2.45, 2.75) is 20.4 Å². The Kier molecular flexibility index (Phi) is 4.59. The highest BCUT2D eigenvalue weighted by Crippen LogP contribution is 2.28. The minimum absolute atomic E-state index is 0.0242. The molecule has 0 aliphatic rings. The number of esters is 1. The summed E-state index contributed by atoms with van der Waals surface area (Å²) in [5, 5.41) is 7.12. The normalized spacial score (nSPS) is 10.4. The largest absolute Gasteiger partial charge is 0.462 e. The number of anilines is 2. The first-order valence-corrected chi connectivity index (χ1v) is 7.16. The standard InChI is InChI=1S/C13H16N4O3S/c1-3-20-13(19)10-4-8(2)21-12(10)16-11(18)7-17-6-9(14)5-15-17/h4-6H,3,7,14H2,1-2H3,(H,16,18).